The number of nitrogen functional groups attached to an aromatic ring is 1. The molecule has 1 aliphatic carbocycles. The Morgan fingerprint density at radius 3 is 2.55 bits per heavy atom. The van der Waals surface area contributed by atoms with E-state index in [2.05, 4.69) is 27.6 Å². The number of anilines is 1. The maximum absolute atomic E-state index is 6.02. The van der Waals surface area contributed by atoms with Gasteiger partial charge in [-0.1, -0.05) is 0 Å². The summed E-state index contributed by atoms with van der Waals surface area (Å²) >= 11 is 2.24. The molecule has 5 heteroatoms. The van der Waals surface area contributed by atoms with Crippen LogP contribution in [0.2, 0.25) is 0 Å². The van der Waals surface area contributed by atoms with Gasteiger partial charge in [-0.25, -0.2) is 9.97 Å². The molecule has 1 aliphatic rings. The first-order valence-electron chi connectivity index (χ1n) is 6.75. The molecule has 2 aromatic rings. The molecular formula is C15H16IN3O. The van der Waals surface area contributed by atoms with Gasteiger partial charge in [0, 0.05) is 11.5 Å². The fourth-order valence-corrected chi connectivity index (χ4v) is 2.79. The molecule has 0 saturated heterocycles. The van der Waals surface area contributed by atoms with Gasteiger partial charge >= 0.3 is 0 Å². The van der Waals surface area contributed by atoms with Crippen LogP contribution in [-0.4, -0.2) is 16.6 Å². The van der Waals surface area contributed by atoms with Gasteiger partial charge in [-0.3, -0.25) is 0 Å². The summed E-state index contributed by atoms with van der Waals surface area (Å²) in [7, 11) is 0. The fourth-order valence-electron chi connectivity index (χ4n) is 2.11. The maximum atomic E-state index is 6.02. The van der Waals surface area contributed by atoms with Crippen molar-refractivity contribution in [2.45, 2.75) is 25.7 Å². The largest absolute Gasteiger partial charge is 0.494 e. The monoisotopic (exact) mass is 381 g/mol. The second kappa shape index (κ2) is 5.55. The van der Waals surface area contributed by atoms with E-state index in [0.29, 0.717) is 24.2 Å². The van der Waals surface area contributed by atoms with E-state index < -0.39 is 0 Å². The molecule has 1 fully saturated rings. The number of nitrogens with two attached hydrogens (primary N) is 1. The Kier molecular flexibility index (Phi) is 3.78. The zero-order valence-corrected chi connectivity index (χ0v) is 13.4. The van der Waals surface area contributed by atoms with Crippen molar-refractivity contribution in [2.24, 2.45) is 0 Å². The van der Waals surface area contributed by atoms with Crippen LogP contribution in [0.1, 0.15) is 31.4 Å². The molecule has 1 aromatic heterocycles. The van der Waals surface area contributed by atoms with Gasteiger partial charge in [-0.2, -0.15) is 0 Å². The van der Waals surface area contributed by atoms with Crippen molar-refractivity contribution in [3.8, 4) is 17.1 Å². The van der Waals surface area contributed by atoms with Crippen LogP contribution in [0.4, 0.5) is 5.82 Å². The quantitative estimate of drug-likeness (QED) is 0.823. The lowest BCUT2D eigenvalue weighted by atomic mass is 10.2. The van der Waals surface area contributed by atoms with Gasteiger partial charge in [-0.15, -0.1) is 0 Å². The van der Waals surface area contributed by atoms with Crippen LogP contribution in [-0.2, 0) is 0 Å². The Morgan fingerprint density at radius 2 is 1.95 bits per heavy atom. The van der Waals surface area contributed by atoms with Crippen molar-refractivity contribution >= 4 is 28.4 Å². The second-order valence-corrected chi connectivity index (χ2v) is 5.94. The number of nitrogens with zero attached hydrogens (tertiary/aromatic N) is 2. The van der Waals surface area contributed by atoms with E-state index >= 15 is 0 Å². The Morgan fingerprint density at radius 1 is 1.25 bits per heavy atom. The third kappa shape index (κ3) is 2.72. The number of aromatic nitrogens is 2. The van der Waals surface area contributed by atoms with E-state index in [0.717, 1.165) is 20.6 Å². The zero-order chi connectivity index (χ0) is 14.1. The lowest BCUT2D eigenvalue weighted by Crippen LogP contribution is -2.04. The fraction of sp³-hybridized carbons (Fsp3) is 0.333. The molecule has 0 radical (unpaired) electrons. The van der Waals surface area contributed by atoms with Crippen molar-refractivity contribution < 1.29 is 4.74 Å². The van der Waals surface area contributed by atoms with E-state index in [4.69, 9.17) is 15.5 Å². The molecule has 2 N–H and O–H groups in total. The molecule has 104 valence electrons. The minimum absolute atomic E-state index is 0.564. The van der Waals surface area contributed by atoms with Gasteiger partial charge in [-0.05, 0) is 66.6 Å². The number of hydrogen-bond donors (Lipinski definition) is 1. The Bertz CT molecular complexity index is 624. The summed E-state index contributed by atoms with van der Waals surface area (Å²) in [5.74, 6) is 2.70. The van der Waals surface area contributed by atoms with Crippen LogP contribution in [0.5, 0.6) is 5.75 Å². The van der Waals surface area contributed by atoms with E-state index in [1.54, 1.807) is 0 Å². The number of ether oxygens (including phenoxy) is 1. The van der Waals surface area contributed by atoms with Crippen LogP contribution in [0.15, 0.2) is 24.3 Å². The van der Waals surface area contributed by atoms with Crippen molar-refractivity contribution in [2.75, 3.05) is 12.3 Å². The first-order chi connectivity index (χ1) is 9.69. The normalized spacial score (nSPS) is 14.3. The number of benzene rings is 1. The molecule has 0 atom stereocenters. The summed E-state index contributed by atoms with van der Waals surface area (Å²) in [6, 6.07) is 7.83. The zero-order valence-electron chi connectivity index (χ0n) is 11.3. The second-order valence-electron chi connectivity index (χ2n) is 4.86. The topological polar surface area (TPSA) is 61.0 Å². The van der Waals surface area contributed by atoms with Gasteiger partial charge in [0.05, 0.1) is 15.9 Å². The summed E-state index contributed by atoms with van der Waals surface area (Å²) in [4.78, 5) is 9.11. The van der Waals surface area contributed by atoms with E-state index in [1.165, 1.54) is 12.8 Å². The van der Waals surface area contributed by atoms with E-state index in [-0.39, 0.29) is 0 Å². The summed E-state index contributed by atoms with van der Waals surface area (Å²) in [5.41, 5.74) is 8.09. The van der Waals surface area contributed by atoms with Crippen LogP contribution in [0, 0.1) is 3.57 Å². The molecule has 1 heterocycles. The predicted octanol–water partition coefficient (Wildman–Crippen LogP) is 3.61. The smallest absolute Gasteiger partial charge is 0.161 e. The molecule has 20 heavy (non-hydrogen) atoms. The SMILES string of the molecule is CCOc1ccc(-c2nc(N)c(I)c(C3CC3)n2)cc1. The highest BCUT2D eigenvalue weighted by molar-refractivity contribution is 14.1. The number of hydrogen-bond acceptors (Lipinski definition) is 4. The van der Waals surface area contributed by atoms with Gasteiger partial charge < -0.3 is 10.5 Å². The van der Waals surface area contributed by atoms with Crippen LogP contribution >= 0.6 is 22.6 Å². The first kappa shape index (κ1) is 13.6. The number of halogens is 1. The van der Waals surface area contributed by atoms with Crippen molar-refractivity contribution in [3.63, 3.8) is 0 Å². The molecule has 0 amide bonds. The van der Waals surface area contributed by atoms with Gasteiger partial charge in [0.2, 0.25) is 0 Å². The third-order valence-electron chi connectivity index (χ3n) is 3.29. The van der Waals surface area contributed by atoms with Crippen molar-refractivity contribution in [1.29, 1.82) is 0 Å². The van der Waals surface area contributed by atoms with Crippen LogP contribution in [0.25, 0.3) is 11.4 Å². The molecular weight excluding hydrogens is 365 g/mol. The van der Waals surface area contributed by atoms with E-state index in [1.807, 2.05) is 31.2 Å². The first-order valence-corrected chi connectivity index (χ1v) is 7.83. The minimum atomic E-state index is 0.564. The highest BCUT2D eigenvalue weighted by Crippen LogP contribution is 2.42. The summed E-state index contributed by atoms with van der Waals surface area (Å²) < 4.78 is 6.44. The summed E-state index contributed by atoms with van der Waals surface area (Å²) in [6.07, 6.45) is 2.41. The Balaban J connectivity index is 1.96. The molecule has 0 bridgehead atoms. The molecule has 4 nitrogen and oxygen atoms in total. The van der Waals surface area contributed by atoms with Gasteiger partial charge in [0.15, 0.2) is 5.82 Å². The lowest BCUT2D eigenvalue weighted by Gasteiger charge is -2.09. The molecule has 0 unspecified atom stereocenters. The predicted molar refractivity (Wildman–Crippen MR) is 87.7 cm³/mol. The van der Waals surface area contributed by atoms with Crippen LogP contribution < -0.4 is 10.5 Å². The summed E-state index contributed by atoms with van der Waals surface area (Å²) in [5, 5.41) is 0. The minimum Gasteiger partial charge on any atom is -0.494 e. The van der Waals surface area contributed by atoms with Crippen molar-refractivity contribution in [1.82, 2.24) is 9.97 Å². The average molecular weight is 381 g/mol. The molecule has 3 rings (SSSR count). The highest BCUT2D eigenvalue weighted by atomic mass is 127. The van der Waals surface area contributed by atoms with E-state index in [9.17, 15) is 0 Å². The van der Waals surface area contributed by atoms with Gasteiger partial charge in [0.1, 0.15) is 11.6 Å². The lowest BCUT2D eigenvalue weighted by molar-refractivity contribution is 0.340. The average Bonchev–Trinajstić information content (AvgIpc) is 3.27. The molecule has 1 aromatic carbocycles. The third-order valence-corrected chi connectivity index (χ3v) is 4.40. The Hall–Kier alpha value is -1.37. The number of rotatable bonds is 4. The molecule has 0 spiro atoms. The molecule has 0 aliphatic heterocycles. The van der Waals surface area contributed by atoms with Crippen molar-refractivity contribution in [3.05, 3.63) is 33.5 Å². The highest BCUT2D eigenvalue weighted by Gasteiger charge is 2.29. The van der Waals surface area contributed by atoms with Crippen LogP contribution in [0.3, 0.4) is 0 Å². The maximum Gasteiger partial charge on any atom is 0.161 e. The molecule has 1 saturated carbocycles. The summed E-state index contributed by atoms with van der Waals surface area (Å²) in [6.45, 7) is 2.64. The van der Waals surface area contributed by atoms with Gasteiger partial charge in [0.25, 0.3) is 0 Å². The standard InChI is InChI=1S/C15H16IN3O/c1-2-20-11-7-5-10(6-8-11)15-18-13(9-3-4-9)12(16)14(17)19-15/h5-9H,2-4H2,1H3,(H2,17,18,19). The Labute approximate surface area is 131 Å².